The van der Waals surface area contributed by atoms with Crippen LogP contribution in [0.15, 0.2) is 60.9 Å². The number of fused-ring (bicyclic) bond motifs is 1. The van der Waals surface area contributed by atoms with Crippen molar-refractivity contribution in [2.45, 2.75) is 39.6 Å². The van der Waals surface area contributed by atoms with Gasteiger partial charge in [-0.1, -0.05) is 26.0 Å². The molecule has 0 saturated carbocycles. The van der Waals surface area contributed by atoms with Gasteiger partial charge in [-0.05, 0) is 55.8 Å². The van der Waals surface area contributed by atoms with E-state index in [0.717, 1.165) is 22.3 Å². The maximum atomic E-state index is 6.20. The minimum atomic E-state index is 0.165. The van der Waals surface area contributed by atoms with Crippen LogP contribution in [0.2, 0.25) is 0 Å². The normalized spacial score (nSPS) is 11.0. The van der Waals surface area contributed by atoms with Crippen molar-refractivity contribution in [3.05, 3.63) is 66.5 Å². The van der Waals surface area contributed by atoms with Gasteiger partial charge in [-0.15, -0.1) is 11.6 Å². The first kappa shape index (κ1) is 23.4. The summed E-state index contributed by atoms with van der Waals surface area (Å²) < 4.78 is 1.98. The fourth-order valence-electron chi connectivity index (χ4n) is 3.51. The number of benzene rings is 1. The number of nitrogen functional groups attached to an aromatic ring is 1. The molecule has 0 unspecified atom stereocenters. The average Bonchev–Trinajstić information content (AvgIpc) is 3.51. The van der Waals surface area contributed by atoms with Crippen molar-refractivity contribution in [2.75, 3.05) is 5.73 Å². The molecule has 0 saturated heterocycles. The number of nitrogens with zero attached hydrogens (tertiary/aromatic N) is 7. The summed E-state index contributed by atoms with van der Waals surface area (Å²) in [6, 6.07) is 15.7. The van der Waals surface area contributed by atoms with Crippen LogP contribution >= 0.6 is 11.6 Å². The third-order valence-electron chi connectivity index (χ3n) is 5.17. The molecule has 9 heteroatoms. The van der Waals surface area contributed by atoms with Gasteiger partial charge in [0.05, 0.1) is 23.5 Å². The number of hydrogen-bond acceptors (Lipinski definition) is 6. The standard InChI is InChI=1S/C23H21ClN8.C2H6/c1-14(2)32-27-13-20(30-32)18-9-10-19-23(28-18)31(16-7-5-15(12-24)6-8-16)22(29-19)17-4-3-11-26-21(17)25;1-2/h3-11,13-14H,12H2,1-2H3,(H2,25,26);1-2H3. The van der Waals surface area contributed by atoms with Gasteiger partial charge >= 0.3 is 0 Å². The quantitative estimate of drug-likeness (QED) is 0.329. The van der Waals surface area contributed by atoms with Gasteiger partial charge in [-0.3, -0.25) is 4.57 Å². The van der Waals surface area contributed by atoms with E-state index in [1.165, 1.54) is 0 Å². The number of alkyl halides is 1. The molecule has 0 fully saturated rings. The summed E-state index contributed by atoms with van der Waals surface area (Å²) >= 11 is 5.99. The molecule has 4 aromatic heterocycles. The molecule has 2 N–H and O–H groups in total. The number of halogens is 1. The topological polar surface area (TPSA) is 100 Å². The van der Waals surface area contributed by atoms with Crippen molar-refractivity contribution in [3.63, 3.8) is 0 Å². The lowest BCUT2D eigenvalue weighted by Crippen LogP contribution is -2.04. The summed E-state index contributed by atoms with van der Waals surface area (Å²) in [7, 11) is 0. The van der Waals surface area contributed by atoms with Crippen LogP contribution in [0, 0.1) is 0 Å². The third kappa shape index (κ3) is 4.36. The molecule has 0 bridgehead atoms. The lowest BCUT2D eigenvalue weighted by atomic mass is 10.2. The van der Waals surface area contributed by atoms with Crippen molar-refractivity contribution in [1.82, 2.24) is 34.5 Å². The van der Waals surface area contributed by atoms with Crippen molar-refractivity contribution in [3.8, 4) is 28.5 Å². The lowest BCUT2D eigenvalue weighted by Gasteiger charge is -2.11. The van der Waals surface area contributed by atoms with E-state index in [2.05, 4.69) is 15.2 Å². The van der Waals surface area contributed by atoms with E-state index in [-0.39, 0.29) is 6.04 Å². The van der Waals surface area contributed by atoms with Gasteiger partial charge in [-0.25, -0.2) is 15.0 Å². The number of imidazole rings is 1. The highest BCUT2D eigenvalue weighted by atomic mass is 35.5. The molecular formula is C25H27ClN8. The molecular weight excluding hydrogens is 448 g/mol. The Kier molecular flexibility index (Phi) is 6.88. The minimum absolute atomic E-state index is 0.165. The summed E-state index contributed by atoms with van der Waals surface area (Å²) in [6.45, 7) is 8.06. The van der Waals surface area contributed by atoms with Crippen LogP contribution in [-0.4, -0.2) is 34.5 Å². The predicted molar refractivity (Wildman–Crippen MR) is 137 cm³/mol. The fraction of sp³-hybridized carbons (Fsp3) is 0.240. The monoisotopic (exact) mass is 474 g/mol. The lowest BCUT2D eigenvalue weighted by molar-refractivity contribution is 0.467. The van der Waals surface area contributed by atoms with E-state index in [1.54, 1.807) is 17.2 Å². The van der Waals surface area contributed by atoms with Gasteiger partial charge in [0, 0.05) is 17.8 Å². The van der Waals surface area contributed by atoms with Crippen LogP contribution < -0.4 is 5.73 Å². The molecule has 5 rings (SSSR count). The molecule has 0 aliphatic rings. The Morgan fingerprint density at radius 1 is 0.971 bits per heavy atom. The summed E-state index contributed by atoms with van der Waals surface area (Å²) in [4.78, 5) is 15.7. The zero-order chi connectivity index (χ0) is 24.2. The van der Waals surface area contributed by atoms with Gasteiger partial charge in [0.2, 0.25) is 0 Å². The average molecular weight is 475 g/mol. The molecule has 34 heavy (non-hydrogen) atoms. The van der Waals surface area contributed by atoms with Crippen LogP contribution in [0.4, 0.5) is 5.82 Å². The van der Waals surface area contributed by atoms with Gasteiger partial charge in [-0.2, -0.15) is 15.0 Å². The van der Waals surface area contributed by atoms with E-state index in [0.29, 0.717) is 34.6 Å². The number of rotatable bonds is 5. The largest absolute Gasteiger partial charge is 0.383 e. The highest BCUT2D eigenvalue weighted by molar-refractivity contribution is 6.17. The van der Waals surface area contributed by atoms with Crippen molar-refractivity contribution >= 4 is 28.6 Å². The summed E-state index contributed by atoms with van der Waals surface area (Å²) in [5.74, 6) is 1.52. The van der Waals surface area contributed by atoms with E-state index in [4.69, 9.17) is 27.3 Å². The Hall–Kier alpha value is -3.78. The molecule has 0 aliphatic carbocycles. The van der Waals surface area contributed by atoms with Gasteiger partial charge in [0.1, 0.15) is 17.0 Å². The summed E-state index contributed by atoms with van der Waals surface area (Å²) in [5.41, 5.74) is 11.7. The predicted octanol–water partition coefficient (Wildman–Crippen LogP) is 5.67. The SMILES string of the molecule is CC.CC(C)n1ncc(-c2ccc3nc(-c4cccnc4N)n(-c4ccc(CCl)cc4)c3n2)n1. The second-order valence-corrected chi connectivity index (χ2v) is 7.96. The van der Waals surface area contributed by atoms with E-state index < -0.39 is 0 Å². The minimum Gasteiger partial charge on any atom is -0.383 e. The molecule has 0 atom stereocenters. The fourth-order valence-corrected chi connectivity index (χ4v) is 3.69. The molecule has 0 amide bonds. The second-order valence-electron chi connectivity index (χ2n) is 7.69. The Bertz CT molecular complexity index is 1400. The van der Waals surface area contributed by atoms with Crippen LogP contribution in [0.5, 0.6) is 0 Å². The molecule has 5 aromatic rings. The third-order valence-corrected chi connectivity index (χ3v) is 5.47. The molecule has 0 spiro atoms. The van der Waals surface area contributed by atoms with Crippen LogP contribution in [0.3, 0.4) is 0 Å². The zero-order valence-corrected chi connectivity index (χ0v) is 20.4. The Balaban J connectivity index is 0.00000133. The van der Waals surface area contributed by atoms with E-state index in [1.807, 2.05) is 80.8 Å². The second kappa shape index (κ2) is 10.0. The van der Waals surface area contributed by atoms with Gasteiger partial charge in [0.25, 0.3) is 0 Å². The molecule has 1 aromatic carbocycles. The van der Waals surface area contributed by atoms with Crippen molar-refractivity contribution in [2.24, 2.45) is 0 Å². The number of anilines is 1. The van der Waals surface area contributed by atoms with E-state index in [9.17, 15) is 0 Å². The highest BCUT2D eigenvalue weighted by Crippen LogP contribution is 2.31. The number of hydrogen-bond donors (Lipinski definition) is 1. The first-order valence-electron chi connectivity index (χ1n) is 11.2. The first-order valence-corrected chi connectivity index (χ1v) is 11.8. The summed E-state index contributed by atoms with van der Waals surface area (Å²) in [6.07, 6.45) is 3.39. The number of pyridine rings is 2. The maximum Gasteiger partial charge on any atom is 0.165 e. The van der Waals surface area contributed by atoms with Crippen LogP contribution in [0.25, 0.3) is 39.6 Å². The molecule has 4 heterocycles. The molecule has 8 nitrogen and oxygen atoms in total. The van der Waals surface area contributed by atoms with Gasteiger partial charge < -0.3 is 5.73 Å². The molecule has 174 valence electrons. The van der Waals surface area contributed by atoms with Crippen LogP contribution in [-0.2, 0) is 5.88 Å². The Morgan fingerprint density at radius 2 is 1.74 bits per heavy atom. The first-order chi connectivity index (χ1) is 16.5. The Morgan fingerprint density at radius 3 is 2.38 bits per heavy atom. The smallest absolute Gasteiger partial charge is 0.165 e. The maximum absolute atomic E-state index is 6.20. The highest BCUT2D eigenvalue weighted by Gasteiger charge is 2.19. The Labute approximate surface area is 203 Å². The van der Waals surface area contributed by atoms with E-state index >= 15 is 0 Å². The van der Waals surface area contributed by atoms with Crippen LogP contribution in [0.1, 0.15) is 39.3 Å². The molecule has 0 aliphatic heterocycles. The number of nitrogens with two attached hydrogens (primary N) is 1. The number of aromatic nitrogens is 7. The van der Waals surface area contributed by atoms with Crippen molar-refractivity contribution in [1.29, 1.82) is 0 Å². The zero-order valence-electron chi connectivity index (χ0n) is 19.6. The van der Waals surface area contributed by atoms with Gasteiger partial charge in [0.15, 0.2) is 11.5 Å². The summed E-state index contributed by atoms with van der Waals surface area (Å²) in [5, 5.41) is 8.90. The molecule has 0 radical (unpaired) electrons. The van der Waals surface area contributed by atoms with Crippen molar-refractivity contribution < 1.29 is 0 Å².